The summed E-state index contributed by atoms with van der Waals surface area (Å²) in [6.07, 6.45) is 0.935. The summed E-state index contributed by atoms with van der Waals surface area (Å²) in [6.45, 7) is 8.64. The molecule has 2 nitrogen and oxygen atoms in total. The molecule has 1 heterocycles. The minimum absolute atomic E-state index is 0. The Hall–Kier alpha value is -1.02. The zero-order valence-electron chi connectivity index (χ0n) is 10.8. The Morgan fingerprint density at radius 2 is 1.82 bits per heavy atom. The SMILES string of the molecule is CC(C)(C)c1ccc(CC2=NCCN2)cc1.Cl. The maximum Gasteiger partial charge on any atom is 0.101 e. The predicted octanol–water partition coefficient (Wildman–Crippen LogP) is 2.95. The molecule has 0 atom stereocenters. The fourth-order valence-corrected chi connectivity index (χ4v) is 1.88. The Labute approximate surface area is 110 Å². The van der Waals surface area contributed by atoms with Crippen molar-refractivity contribution in [1.29, 1.82) is 0 Å². The van der Waals surface area contributed by atoms with Crippen LogP contribution in [-0.4, -0.2) is 18.9 Å². The average molecular weight is 253 g/mol. The van der Waals surface area contributed by atoms with E-state index in [1.54, 1.807) is 0 Å². The van der Waals surface area contributed by atoms with Crippen molar-refractivity contribution in [1.82, 2.24) is 5.32 Å². The molecular weight excluding hydrogens is 232 g/mol. The van der Waals surface area contributed by atoms with Crippen LogP contribution in [0.3, 0.4) is 0 Å². The number of rotatable bonds is 2. The summed E-state index contributed by atoms with van der Waals surface area (Å²) in [6, 6.07) is 8.88. The van der Waals surface area contributed by atoms with Crippen LogP contribution in [0, 0.1) is 0 Å². The zero-order chi connectivity index (χ0) is 11.6. The summed E-state index contributed by atoms with van der Waals surface area (Å²) in [5, 5.41) is 3.30. The molecule has 0 aromatic heterocycles. The number of amidine groups is 1. The van der Waals surface area contributed by atoms with Crippen LogP contribution in [-0.2, 0) is 11.8 Å². The summed E-state index contributed by atoms with van der Waals surface area (Å²) >= 11 is 0. The molecule has 3 heteroatoms. The van der Waals surface area contributed by atoms with Gasteiger partial charge < -0.3 is 5.32 Å². The highest BCUT2D eigenvalue weighted by Crippen LogP contribution is 2.22. The summed E-state index contributed by atoms with van der Waals surface area (Å²) in [5.41, 5.74) is 2.96. The molecule has 2 rings (SSSR count). The molecule has 0 radical (unpaired) electrons. The molecular formula is C14H21ClN2. The number of hydrogen-bond donors (Lipinski definition) is 1. The van der Waals surface area contributed by atoms with Gasteiger partial charge in [0, 0.05) is 13.0 Å². The van der Waals surface area contributed by atoms with Crippen molar-refractivity contribution in [3.8, 4) is 0 Å². The molecule has 0 saturated carbocycles. The summed E-state index contributed by atoms with van der Waals surface area (Å²) in [7, 11) is 0. The number of nitrogens with zero attached hydrogens (tertiary/aromatic N) is 1. The van der Waals surface area contributed by atoms with Crippen molar-refractivity contribution in [3.05, 3.63) is 35.4 Å². The third-order valence-electron chi connectivity index (χ3n) is 2.94. The lowest BCUT2D eigenvalue weighted by Crippen LogP contribution is -2.20. The van der Waals surface area contributed by atoms with Gasteiger partial charge in [-0.15, -0.1) is 12.4 Å². The van der Waals surface area contributed by atoms with Crippen LogP contribution in [0.25, 0.3) is 0 Å². The van der Waals surface area contributed by atoms with Crippen LogP contribution in [0.4, 0.5) is 0 Å². The highest BCUT2D eigenvalue weighted by atomic mass is 35.5. The van der Waals surface area contributed by atoms with E-state index in [-0.39, 0.29) is 17.8 Å². The van der Waals surface area contributed by atoms with Gasteiger partial charge in [-0.3, -0.25) is 4.99 Å². The smallest absolute Gasteiger partial charge is 0.101 e. The van der Waals surface area contributed by atoms with Crippen LogP contribution < -0.4 is 5.32 Å². The largest absolute Gasteiger partial charge is 0.372 e. The van der Waals surface area contributed by atoms with Crippen LogP contribution in [0.2, 0.25) is 0 Å². The molecule has 1 aromatic rings. The van der Waals surface area contributed by atoms with E-state index < -0.39 is 0 Å². The second-order valence-electron chi connectivity index (χ2n) is 5.38. The van der Waals surface area contributed by atoms with Crippen LogP contribution >= 0.6 is 12.4 Å². The Balaban J connectivity index is 0.00000144. The molecule has 0 saturated heterocycles. The normalized spacial score (nSPS) is 14.9. The molecule has 94 valence electrons. The highest BCUT2D eigenvalue weighted by molar-refractivity contribution is 5.85. The minimum atomic E-state index is 0. The molecule has 1 N–H and O–H groups in total. The van der Waals surface area contributed by atoms with E-state index in [2.05, 4.69) is 55.3 Å². The molecule has 1 aromatic carbocycles. The molecule has 0 fully saturated rings. The lowest BCUT2D eigenvalue weighted by atomic mass is 9.86. The molecule has 0 spiro atoms. The van der Waals surface area contributed by atoms with Crippen LogP contribution in [0.1, 0.15) is 31.9 Å². The Kier molecular flexibility index (Phi) is 4.58. The quantitative estimate of drug-likeness (QED) is 0.860. The number of hydrogen-bond acceptors (Lipinski definition) is 2. The molecule has 0 unspecified atom stereocenters. The van der Waals surface area contributed by atoms with Crippen molar-refractivity contribution < 1.29 is 0 Å². The first kappa shape index (κ1) is 14.0. The van der Waals surface area contributed by atoms with E-state index in [4.69, 9.17) is 0 Å². The van der Waals surface area contributed by atoms with E-state index in [1.807, 2.05) is 0 Å². The van der Waals surface area contributed by atoms with Gasteiger partial charge in [-0.1, -0.05) is 45.0 Å². The minimum Gasteiger partial charge on any atom is -0.372 e. The second kappa shape index (κ2) is 5.54. The molecule has 0 aliphatic carbocycles. The van der Waals surface area contributed by atoms with Crippen molar-refractivity contribution in [2.24, 2.45) is 4.99 Å². The van der Waals surface area contributed by atoms with Crippen molar-refractivity contribution >= 4 is 18.2 Å². The summed E-state index contributed by atoms with van der Waals surface area (Å²) in [5.74, 6) is 1.13. The number of nitrogens with one attached hydrogen (secondary N) is 1. The first-order chi connectivity index (χ1) is 7.55. The Morgan fingerprint density at radius 3 is 2.29 bits per heavy atom. The third kappa shape index (κ3) is 3.74. The van der Waals surface area contributed by atoms with Gasteiger partial charge in [-0.05, 0) is 16.5 Å². The maximum absolute atomic E-state index is 4.41. The third-order valence-corrected chi connectivity index (χ3v) is 2.94. The number of halogens is 1. The monoisotopic (exact) mass is 252 g/mol. The fourth-order valence-electron chi connectivity index (χ4n) is 1.88. The first-order valence-electron chi connectivity index (χ1n) is 5.92. The van der Waals surface area contributed by atoms with Crippen molar-refractivity contribution in [3.63, 3.8) is 0 Å². The van der Waals surface area contributed by atoms with Gasteiger partial charge in [0.05, 0.1) is 6.54 Å². The maximum atomic E-state index is 4.41. The van der Waals surface area contributed by atoms with Gasteiger partial charge in [0.15, 0.2) is 0 Å². The summed E-state index contributed by atoms with van der Waals surface area (Å²) in [4.78, 5) is 4.41. The van der Waals surface area contributed by atoms with E-state index in [0.717, 1.165) is 25.3 Å². The van der Waals surface area contributed by atoms with Gasteiger partial charge in [0.2, 0.25) is 0 Å². The van der Waals surface area contributed by atoms with Crippen LogP contribution in [0.5, 0.6) is 0 Å². The molecule has 1 aliphatic rings. The van der Waals surface area contributed by atoms with Gasteiger partial charge in [-0.25, -0.2) is 0 Å². The molecule has 17 heavy (non-hydrogen) atoms. The average Bonchev–Trinajstić information content (AvgIpc) is 2.70. The van der Waals surface area contributed by atoms with E-state index >= 15 is 0 Å². The Morgan fingerprint density at radius 1 is 1.18 bits per heavy atom. The molecule has 0 bridgehead atoms. The van der Waals surface area contributed by atoms with Crippen molar-refractivity contribution in [2.75, 3.05) is 13.1 Å². The second-order valence-corrected chi connectivity index (χ2v) is 5.38. The topological polar surface area (TPSA) is 24.4 Å². The predicted molar refractivity (Wildman–Crippen MR) is 76.4 cm³/mol. The lowest BCUT2D eigenvalue weighted by molar-refractivity contribution is 0.590. The van der Waals surface area contributed by atoms with E-state index in [0.29, 0.717) is 0 Å². The molecule has 0 amide bonds. The number of benzene rings is 1. The first-order valence-corrected chi connectivity index (χ1v) is 5.92. The van der Waals surface area contributed by atoms with Gasteiger partial charge >= 0.3 is 0 Å². The van der Waals surface area contributed by atoms with Crippen molar-refractivity contribution in [2.45, 2.75) is 32.6 Å². The highest BCUT2D eigenvalue weighted by Gasteiger charge is 2.13. The van der Waals surface area contributed by atoms with E-state index in [1.165, 1.54) is 11.1 Å². The number of aliphatic imine (C=N–C) groups is 1. The van der Waals surface area contributed by atoms with Gasteiger partial charge in [0.1, 0.15) is 5.84 Å². The van der Waals surface area contributed by atoms with Gasteiger partial charge in [0.25, 0.3) is 0 Å². The van der Waals surface area contributed by atoms with Crippen LogP contribution in [0.15, 0.2) is 29.3 Å². The zero-order valence-corrected chi connectivity index (χ0v) is 11.6. The Bertz CT molecular complexity index is 388. The van der Waals surface area contributed by atoms with Gasteiger partial charge in [-0.2, -0.15) is 0 Å². The summed E-state index contributed by atoms with van der Waals surface area (Å²) < 4.78 is 0. The fraction of sp³-hybridized carbons (Fsp3) is 0.500. The molecule has 1 aliphatic heterocycles. The lowest BCUT2D eigenvalue weighted by Gasteiger charge is -2.19. The standard InChI is InChI=1S/C14H20N2.ClH/c1-14(2,3)12-6-4-11(5-7-12)10-13-15-8-9-16-13;/h4-7H,8-10H2,1-3H3,(H,15,16);1H. The van der Waals surface area contributed by atoms with E-state index in [9.17, 15) is 0 Å².